The van der Waals surface area contributed by atoms with Crippen LogP contribution >= 0.6 is 0 Å². The summed E-state index contributed by atoms with van der Waals surface area (Å²) in [6.07, 6.45) is 1.82. The van der Waals surface area contributed by atoms with Gasteiger partial charge in [0, 0.05) is 49.9 Å². The maximum Gasteiger partial charge on any atom is 0.197 e. The van der Waals surface area contributed by atoms with Crippen molar-refractivity contribution < 1.29 is 4.39 Å². The van der Waals surface area contributed by atoms with E-state index in [4.69, 9.17) is 5.26 Å². The number of anilines is 1. The maximum absolute atomic E-state index is 14.9. The minimum absolute atomic E-state index is 0.199. The Morgan fingerprint density at radius 2 is 1.89 bits per heavy atom. The molecule has 3 aromatic rings. The lowest BCUT2D eigenvalue weighted by molar-refractivity contribution is 0.567. The molecule has 2 aromatic carbocycles. The molecule has 1 saturated heterocycles. The molecule has 1 aliphatic heterocycles. The number of fused-ring (bicyclic) bond motifs is 1. The molecule has 1 N–H and O–H groups in total. The molecule has 28 heavy (non-hydrogen) atoms. The SMILES string of the molecule is CCn1cc(-c2ccc(C#N)cc2)c(=O)c2cc(F)c(N3CCNCC3)cc21. The third kappa shape index (κ3) is 3.14. The van der Waals surface area contributed by atoms with E-state index in [1.165, 1.54) is 6.07 Å². The number of aromatic nitrogens is 1. The lowest BCUT2D eigenvalue weighted by atomic mass is 10.0. The normalized spacial score (nSPS) is 14.2. The van der Waals surface area contributed by atoms with Crippen LogP contribution in [0.5, 0.6) is 0 Å². The lowest BCUT2D eigenvalue weighted by Gasteiger charge is -2.30. The summed E-state index contributed by atoms with van der Waals surface area (Å²) in [5.41, 5.74) is 2.84. The van der Waals surface area contributed by atoms with Crippen LogP contribution < -0.4 is 15.6 Å². The fraction of sp³-hybridized carbons (Fsp3) is 0.273. The number of halogens is 1. The summed E-state index contributed by atoms with van der Waals surface area (Å²) in [5, 5.41) is 12.6. The van der Waals surface area contributed by atoms with Crippen LogP contribution in [0.2, 0.25) is 0 Å². The van der Waals surface area contributed by atoms with Crippen molar-refractivity contribution in [2.45, 2.75) is 13.5 Å². The summed E-state index contributed by atoms with van der Waals surface area (Å²) < 4.78 is 16.9. The van der Waals surface area contributed by atoms with E-state index >= 15 is 0 Å². The van der Waals surface area contributed by atoms with Crippen molar-refractivity contribution in [1.82, 2.24) is 9.88 Å². The van der Waals surface area contributed by atoms with Gasteiger partial charge in [-0.1, -0.05) is 12.1 Å². The summed E-state index contributed by atoms with van der Waals surface area (Å²) in [4.78, 5) is 15.1. The highest BCUT2D eigenvalue weighted by Crippen LogP contribution is 2.27. The first-order valence-corrected chi connectivity index (χ1v) is 9.45. The van der Waals surface area contributed by atoms with Gasteiger partial charge in [0.05, 0.1) is 22.8 Å². The Balaban J connectivity index is 1.90. The third-order valence-corrected chi connectivity index (χ3v) is 5.27. The highest BCUT2D eigenvalue weighted by Gasteiger charge is 2.18. The van der Waals surface area contributed by atoms with Crippen molar-refractivity contribution in [3.05, 3.63) is 64.2 Å². The number of nitrogens with zero attached hydrogens (tertiary/aromatic N) is 3. The summed E-state index contributed by atoms with van der Waals surface area (Å²) in [6.45, 7) is 5.77. The molecule has 1 fully saturated rings. The van der Waals surface area contributed by atoms with Crippen molar-refractivity contribution in [2.75, 3.05) is 31.1 Å². The molecule has 4 rings (SSSR count). The number of piperazine rings is 1. The van der Waals surface area contributed by atoms with E-state index in [9.17, 15) is 9.18 Å². The molecule has 0 saturated carbocycles. The van der Waals surface area contributed by atoms with Gasteiger partial charge in [-0.05, 0) is 36.8 Å². The van der Waals surface area contributed by atoms with Crippen LogP contribution in [0.25, 0.3) is 22.0 Å². The second kappa shape index (κ2) is 7.45. The van der Waals surface area contributed by atoms with Gasteiger partial charge >= 0.3 is 0 Å². The van der Waals surface area contributed by atoms with E-state index < -0.39 is 0 Å². The van der Waals surface area contributed by atoms with Crippen molar-refractivity contribution >= 4 is 16.6 Å². The number of aryl methyl sites for hydroxylation is 1. The first-order valence-electron chi connectivity index (χ1n) is 9.45. The minimum Gasteiger partial charge on any atom is -0.367 e. The molecule has 1 aliphatic rings. The van der Waals surface area contributed by atoms with E-state index in [2.05, 4.69) is 11.4 Å². The van der Waals surface area contributed by atoms with E-state index in [-0.39, 0.29) is 11.2 Å². The quantitative estimate of drug-likeness (QED) is 0.763. The minimum atomic E-state index is -0.369. The summed E-state index contributed by atoms with van der Waals surface area (Å²) in [6, 6.07) is 12.1. The molecule has 1 aromatic heterocycles. The molecule has 0 aliphatic carbocycles. The maximum atomic E-state index is 14.9. The van der Waals surface area contributed by atoms with Crippen LogP contribution in [0.4, 0.5) is 10.1 Å². The first-order chi connectivity index (χ1) is 13.6. The van der Waals surface area contributed by atoms with E-state index in [1.54, 1.807) is 30.3 Å². The van der Waals surface area contributed by atoms with Crippen molar-refractivity contribution in [2.24, 2.45) is 0 Å². The Morgan fingerprint density at radius 3 is 2.54 bits per heavy atom. The summed E-state index contributed by atoms with van der Waals surface area (Å²) >= 11 is 0. The fourth-order valence-electron chi connectivity index (χ4n) is 3.74. The molecule has 0 bridgehead atoms. The number of rotatable bonds is 3. The fourth-order valence-corrected chi connectivity index (χ4v) is 3.74. The highest BCUT2D eigenvalue weighted by molar-refractivity contribution is 5.87. The van der Waals surface area contributed by atoms with Gasteiger partial charge in [0.15, 0.2) is 5.43 Å². The molecule has 2 heterocycles. The number of nitriles is 1. The Bertz CT molecular complexity index is 1120. The van der Waals surface area contributed by atoms with Gasteiger partial charge in [0.25, 0.3) is 0 Å². The van der Waals surface area contributed by atoms with Crippen LogP contribution in [0.3, 0.4) is 0 Å². The largest absolute Gasteiger partial charge is 0.367 e. The van der Waals surface area contributed by atoms with E-state index in [0.717, 1.165) is 37.3 Å². The van der Waals surface area contributed by atoms with Gasteiger partial charge < -0.3 is 14.8 Å². The second-order valence-electron chi connectivity index (χ2n) is 6.90. The van der Waals surface area contributed by atoms with Crippen molar-refractivity contribution in [1.29, 1.82) is 5.26 Å². The molecule has 0 unspecified atom stereocenters. The first kappa shape index (κ1) is 18.2. The number of hydrogen-bond donors (Lipinski definition) is 1. The van der Waals surface area contributed by atoms with Crippen LogP contribution in [0, 0.1) is 17.1 Å². The lowest BCUT2D eigenvalue weighted by Crippen LogP contribution is -2.43. The van der Waals surface area contributed by atoms with E-state index in [0.29, 0.717) is 28.7 Å². The van der Waals surface area contributed by atoms with Gasteiger partial charge in [0.2, 0.25) is 0 Å². The van der Waals surface area contributed by atoms with Crippen LogP contribution in [0.15, 0.2) is 47.4 Å². The van der Waals surface area contributed by atoms with Crippen LogP contribution in [-0.4, -0.2) is 30.7 Å². The number of pyridine rings is 1. The molecule has 0 amide bonds. The van der Waals surface area contributed by atoms with Gasteiger partial charge in [-0.3, -0.25) is 4.79 Å². The Kier molecular flexibility index (Phi) is 4.84. The average Bonchev–Trinajstić information content (AvgIpc) is 2.75. The molecule has 5 nitrogen and oxygen atoms in total. The summed E-state index contributed by atoms with van der Waals surface area (Å²) in [7, 11) is 0. The third-order valence-electron chi connectivity index (χ3n) is 5.27. The Hall–Kier alpha value is -3.17. The molecule has 6 heteroatoms. The van der Waals surface area contributed by atoms with Crippen LogP contribution in [-0.2, 0) is 6.54 Å². The molecule has 0 spiro atoms. The number of benzene rings is 2. The molecule has 142 valence electrons. The zero-order valence-electron chi connectivity index (χ0n) is 15.7. The Labute approximate surface area is 162 Å². The van der Waals surface area contributed by atoms with Crippen molar-refractivity contribution in [3.63, 3.8) is 0 Å². The molecular formula is C22H21FN4O. The average molecular weight is 376 g/mol. The van der Waals surface area contributed by atoms with E-state index in [1.807, 2.05) is 22.6 Å². The van der Waals surface area contributed by atoms with Gasteiger partial charge in [-0.25, -0.2) is 4.39 Å². The smallest absolute Gasteiger partial charge is 0.197 e. The molecule has 0 radical (unpaired) electrons. The number of hydrogen-bond acceptors (Lipinski definition) is 4. The predicted molar refractivity (Wildman–Crippen MR) is 109 cm³/mol. The zero-order valence-corrected chi connectivity index (χ0v) is 15.7. The highest BCUT2D eigenvalue weighted by atomic mass is 19.1. The molecule has 0 atom stereocenters. The standard InChI is InChI=1S/C22H21FN4O/c1-2-26-14-18(16-5-3-15(13-24)4-6-16)22(28)17-11-19(23)21(12-20(17)26)27-9-7-25-8-10-27/h3-6,11-12,14,25H,2,7-10H2,1H3. The van der Waals surface area contributed by atoms with Crippen molar-refractivity contribution in [3.8, 4) is 17.2 Å². The monoisotopic (exact) mass is 376 g/mol. The van der Waals surface area contributed by atoms with Gasteiger partial charge in [-0.15, -0.1) is 0 Å². The second-order valence-corrected chi connectivity index (χ2v) is 6.90. The predicted octanol–water partition coefficient (Wildman–Crippen LogP) is 3.11. The molecular weight excluding hydrogens is 355 g/mol. The topological polar surface area (TPSA) is 61.1 Å². The van der Waals surface area contributed by atoms with Gasteiger partial charge in [0.1, 0.15) is 5.82 Å². The van der Waals surface area contributed by atoms with Crippen LogP contribution in [0.1, 0.15) is 12.5 Å². The zero-order chi connectivity index (χ0) is 19.7. The summed E-state index contributed by atoms with van der Waals surface area (Å²) in [5.74, 6) is -0.369. The number of nitrogens with one attached hydrogen (secondary N) is 1. The van der Waals surface area contributed by atoms with Gasteiger partial charge in [-0.2, -0.15) is 5.26 Å². The Morgan fingerprint density at radius 1 is 1.18 bits per heavy atom.